The molecule has 5 rings (SSSR count). The minimum atomic E-state index is -0.302. The third-order valence-electron chi connectivity index (χ3n) is 9.07. The van der Waals surface area contributed by atoms with Gasteiger partial charge in [0.05, 0.1) is 24.4 Å². The SMILES string of the molecule is CC(=O)C1CCCC23CC(O)CC4OC5CC(O)CCC5C(C)(C42)C13. The number of ketones is 1. The fraction of sp³-hybridized carbons (Fsp3) is 0.952. The molecule has 4 saturated carbocycles. The third kappa shape index (κ3) is 1.97. The average Bonchev–Trinajstić information content (AvgIpc) is 2.52. The molecular weight excluding hydrogens is 316 g/mol. The Morgan fingerprint density at radius 3 is 2.56 bits per heavy atom. The summed E-state index contributed by atoms with van der Waals surface area (Å²) in [6.07, 6.45) is 7.15. The molecule has 0 aromatic rings. The molecule has 0 radical (unpaired) electrons. The van der Waals surface area contributed by atoms with Gasteiger partial charge in [0.25, 0.3) is 0 Å². The number of aliphatic hydroxyl groups excluding tert-OH is 2. The van der Waals surface area contributed by atoms with Crippen molar-refractivity contribution < 1.29 is 19.7 Å². The van der Waals surface area contributed by atoms with E-state index in [-0.39, 0.29) is 41.2 Å². The molecule has 140 valence electrons. The van der Waals surface area contributed by atoms with Crippen molar-refractivity contribution in [3.05, 3.63) is 0 Å². The predicted octanol–water partition coefficient (Wildman–Crippen LogP) is 2.70. The van der Waals surface area contributed by atoms with E-state index in [0.29, 0.717) is 23.5 Å². The quantitative estimate of drug-likeness (QED) is 0.765. The Balaban J connectivity index is 1.60. The number of Topliss-reactive ketones (excluding diaryl/α,β-unsaturated/α-hetero) is 1. The molecule has 0 aromatic heterocycles. The highest BCUT2D eigenvalue weighted by Crippen LogP contribution is 2.79. The third-order valence-corrected chi connectivity index (χ3v) is 9.07. The maximum Gasteiger partial charge on any atom is 0.133 e. The lowest BCUT2D eigenvalue weighted by Gasteiger charge is -2.80. The zero-order chi connectivity index (χ0) is 17.6. The van der Waals surface area contributed by atoms with Crippen molar-refractivity contribution in [3.63, 3.8) is 0 Å². The van der Waals surface area contributed by atoms with Crippen LogP contribution in [0.1, 0.15) is 65.2 Å². The molecule has 0 bridgehead atoms. The van der Waals surface area contributed by atoms with E-state index in [1.807, 2.05) is 0 Å². The van der Waals surface area contributed by atoms with Gasteiger partial charge in [-0.25, -0.2) is 0 Å². The van der Waals surface area contributed by atoms with Crippen molar-refractivity contribution in [3.8, 4) is 0 Å². The van der Waals surface area contributed by atoms with Crippen molar-refractivity contribution >= 4 is 5.78 Å². The summed E-state index contributed by atoms with van der Waals surface area (Å²) < 4.78 is 6.54. The van der Waals surface area contributed by atoms with Gasteiger partial charge in [-0.15, -0.1) is 0 Å². The van der Waals surface area contributed by atoms with Crippen LogP contribution in [0.5, 0.6) is 0 Å². The fourth-order valence-electron chi connectivity index (χ4n) is 8.77. The second kappa shape index (κ2) is 5.30. The number of carbonyl (C=O) groups is 1. The molecule has 2 N–H and O–H groups in total. The molecule has 1 heterocycles. The van der Waals surface area contributed by atoms with E-state index in [1.165, 1.54) is 0 Å². The van der Waals surface area contributed by atoms with Gasteiger partial charge in [-0.2, -0.15) is 0 Å². The number of hydrogen-bond donors (Lipinski definition) is 2. The van der Waals surface area contributed by atoms with Crippen LogP contribution in [0, 0.1) is 34.5 Å². The molecule has 5 aliphatic rings. The van der Waals surface area contributed by atoms with Crippen LogP contribution in [0.15, 0.2) is 0 Å². The number of ether oxygens (including phenoxy) is 1. The first-order valence-corrected chi connectivity index (χ1v) is 10.4. The topological polar surface area (TPSA) is 66.8 Å². The van der Waals surface area contributed by atoms with Gasteiger partial charge >= 0.3 is 0 Å². The summed E-state index contributed by atoms with van der Waals surface area (Å²) in [7, 11) is 0. The summed E-state index contributed by atoms with van der Waals surface area (Å²) in [4.78, 5) is 12.5. The largest absolute Gasteiger partial charge is 0.393 e. The monoisotopic (exact) mass is 348 g/mol. The van der Waals surface area contributed by atoms with Crippen molar-refractivity contribution in [2.75, 3.05) is 0 Å². The highest BCUT2D eigenvalue weighted by atomic mass is 16.5. The molecular formula is C21H32O4. The minimum Gasteiger partial charge on any atom is -0.393 e. The summed E-state index contributed by atoms with van der Waals surface area (Å²) in [5.74, 6) is 1.86. The average molecular weight is 348 g/mol. The summed E-state index contributed by atoms with van der Waals surface area (Å²) in [5.41, 5.74) is 0.261. The van der Waals surface area contributed by atoms with Crippen LogP contribution >= 0.6 is 0 Å². The summed E-state index contributed by atoms with van der Waals surface area (Å²) in [6.45, 7) is 4.21. The van der Waals surface area contributed by atoms with Gasteiger partial charge in [-0.05, 0) is 80.5 Å². The molecule has 25 heavy (non-hydrogen) atoms. The lowest BCUT2D eigenvalue weighted by Crippen LogP contribution is -2.79. The Labute approximate surface area is 150 Å². The van der Waals surface area contributed by atoms with E-state index >= 15 is 0 Å². The number of rotatable bonds is 1. The van der Waals surface area contributed by atoms with E-state index < -0.39 is 0 Å². The molecule has 0 aromatic carbocycles. The maximum absolute atomic E-state index is 12.5. The molecule has 5 fully saturated rings. The molecule has 10 unspecified atom stereocenters. The molecule has 0 amide bonds. The van der Waals surface area contributed by atoms with Crippen LogP contribution in [0.4, 0.5) is 0 Å². The van der Waals surface area contributed by atoms with Crippen molar-refractivity contribution in [1.82, 2.24) is 0 Å². The van der Waals surface area contributed by atoms with Gasteiger partial charge in [-0.3, -0.25) is 4.79 Å². The normalized spacial score (nSPS) is 59.8. The van der Waals surface area contributed by atoms with Gasteiger partial charge < -0.3 is 14.9 Å². The van der Waals surface area contributed by atoms with Gasteiger partial charge in [0.1, 0.15) is 5.78 Å². The Morgan fingerprint density at radius 2 is 1.80 bits per heavy atom. The first-order valence-electron chi connectivity index (χ1n) is 10.4. The highest BCUT2D eigenvalue weighted by Gasteiger charge is 2.78. The first kappa shape index (κ1) is 16.7. The van der Waals surface area contributed by atoms with E-state index in [9.17, 15) is 15.0 Å². The standard InChI is InChI=1S/C21H32O4/c1-11(22)14-4-3-7-21-10-13(24)9-17-19(21)20(2,18(14)21)15-6-5-12(23)8-16(15)25-17/h12-19,23-24H,3-10H2,1-2H3. The lowest BCUT2D eigenvalue weighted by molar-refractivity contribution is -0.372. The highest BCUT2D eigenvalue weighted by molar-refractivity contribution is 5.79. The van der Waals surface area contributed by atoms with Gasteiger partial charge in [0.15, 0.2) is 0 Å². The molecule has 1 aliphatic heterocycles. The number of hydrogen-bond acceptors (Lipinski definition) is 4. The molecule has 10 atom stereocenters. The Bertz CT molecular complexity index is 590. The smallest absolute Gasteiger partial charge is 0.133 e. The summed E-state index contributed by atoms with van der Waals surface area (Å²) in [6, 6.07) is 0. The Kier molecular flexibility index (Phi) is 3.54. The van der Waals surface area contributed by atoms with E-state index in [0.717, 1.165) is 51.4 Å². The molecule has 4 aliphatic carbocycles. The Hall–Kier alpha value is -0.450. The van der Waals surface area contributed by atoms with Crippen LogP contribution in [0.2, 0.25) is 0 Å². The number of aliphatic hydroxyl groups is 2. The van der Waals surface area contributed by atoms with Crippen LogP contribution in [0.25, 0.3) is 0 Å². The fourth-order valence-corrected chi connectivity index (χ4v) is 8.77. The second-order valence-electron chi connectivity index (χ2n) is 10.0. The Morgan fingerprint density at radius 1 is 1.04 bits per heavy atom. The zero-order valence-corrected chi connectivity index (χ0v) is 15.5. The first-order chi connectivity index (χ1) is 11.9. The summed E-state index contributed by atoms with van der Waals surface area (Å²) in [5, 5.41) is 20.8. The second-order valence-corrected chi connectivity index (χ2v) is 10.0. The van der Waals surface area contributed by atoms with E-state index in [2.05, 4.69) is 6.92 Å². The van der Waals surface area contributed by atoms with Crippen LogP contribution < -0.4 is 0 Å². The predicted molar refractivity (Wildman–Crippen MR) is 92.8 cm³/mol. The number of carbonyl (C=O) groups excluding carboxylic acids is 1. The summed E-state index contributed by atoms with van der Waals surface area (Å²) >= 11 is 0. The zero-order valence-electron chi connectivity index (χ0n) is 15.5. The van der Waals surface area contributed by atoms with Gasteiger partial charge in [0.2, 0.25) is 0 Å². The van der Waals surface area contributed by atoms with Crippen molar-refractivity contribution in [2.24, 2.45) is 34.5 Å². The molecule has 4 nitrogen and oxygen atoms in total. The molecule has 1 saturated heterocycles. The molecule has 1 spiro atoms. The van der Waals surface area contributed by atoms with Crippen LogP contribution in [-0.2, 0) is 9.53 Å². The van der Waals surface area contributed by atoms with Crippen LogP contribution in [0.3, 0.4) is 0 Å². The van der Waals surface area contributed by atoms with Gasteiger partial charge in [-0.1, -0.05) is 13.3 Å². The maximum atomic E-state index is 12.5. The van der Waals surface area contributed by atoms with Crippen molar-refractivity contribution in [1.29, 1.82) is 0 Å². The number of fused-ring (bicyclic) bond motifs is 3. The van der Waals surface area contributed by atoms with E-state index in [1.54, 1.807) is 6.92 Å². The minimum absolute atomic E-state index is 0.104. The van der Waals surface area contributed by atoms with E-state index in [4.69, 9.17) is 4.74 Å². The van der Waals surface area contributed by atoms with Crippen LogP contribution in [-0.4, -0.2) is 40.4 Å². The van der Waals surface area contributed by atoms with Crippen molar-refractivity contribution in [2.45, 2.75) is 89.6 Å². The molecule has 4 heteroatoms. The lowest BCUT2D eigenvalue weighted by atomic mass is 9.27. The van der Waals surface area contributed by atoms with Gasteiger partial charge in [0, 0.05) is 5.92 Å².